The van der Waals surface area contributed by atoms with E-state index in [0.29, 0.717) is 43.0 Å². The molecule has 2 aromatic rings. The number of carbonyl (C=O) groups is 2. The molecule has 7 nitrogen and oxygen atoms in total. The largest absolute Gasteiger partial charge is 0.386 e. The van der Waals surface area contributed by atoms with Gasteiger partial charge in [0.1, 0.15) is 11.5 Å². The molecule has 150 valence electrons. The monoisotopic (exact) mass is 396 g/mol. The van der Waals surface area contributed by atoms with Crippen LogP contribution in [-0.2, 0) is 9.63 Å². The van der Waals surface area contributed by atoms with Crippen molar-refractivity contribution in [1.29, 1.82) is 0 Å². The Morgan fingerprint density at radius 1 is 1.07 bits per heavy atom. The predicted octanol–water partition coefficient (Wildman–Crippen LogP) is 3.61. The lowest BCUT2D eigenvalue weighted by Crippen LogP contribution is -2.52. The van der Waals surface area contributed by atoms with Gasteiger partial charge in [-0.15, -0.1) is 0 Å². The number of anilines is 2. The third-order valence-electron chi connectivity index (χ3n) is 5.04. The number of hydrogen-bond acceptors (Lipinski definition) is 4. The van der Waals surface area contributed by atoms with E-state index in [-0.39, 0.29) is 11.9 Å². The maximum Gasteiger partial charge on any atom is 0.321 e. The number of oxime groups is 1. The van der Waals surface area contributed by atoms with Crippen molar-refractivity contribution in [3.63, 3.8) is 0 Å². The topological polar surface area (TPSA) is 83.0 Å². The van der Waals surface area contributed by atoms with Gasteiger partial charge >= 0.3 is 6.03 Å². The van der Waals surface area contributed by atoms with Crippen LogP contribution in [0.5, 0.6) is 0 Å². The number of urea groups is 1. The van der Waals surface area contributed by atoms with Crippen molar-refractivity contribution in [1.82, 2.24) is 4.90 Å². The van der Waals surface area contributed by atoms with E-state index in [4.69, 9.17) is 4.84 Å². The Hall–Kier alpha value is -3.42. The molecule has 0 saturated carbocycles. The lowest BCUT2D eigenvalue weighted by atomic mass is 9.88. The van der Waals surface area contributed by atoms with E-state index in [1.807, 2.05) is 18.2 Å². The quantitative estimate of drug-likeness (QED) is 0.831. The second kappa shape index (κ2) is 7.90. The molecule has 0 radical (unpaired) electrons. The van der Waals surface area contributed by atoms with Crippen molar-refractivity contribution in [2.24, 2.45) is 5.16 Å². The van der Waals surface area contributed by atoms with Crippen LogP contribution in [0.4, 0.5) is 20.6 Å². The molecule has 1 spiro atoms. The summed E-state index contributed by atoms with van der Waals surface area (Å²) in [5.41, 5.74) is 0.671. The second-order valence-electron chi connectivity index (χ2n) is 7.27. The third kappa shape index (κ3) is 4.37. The van der Waals surface area contributed by atoms with Gasteiger partial charge in [-0.1, -0.05) is 29.4 Å². The first-order valence-electron chi connectivity index (χ1n) is 9.46. The Kier molecular flexibility index (Phi) is 5.16. The summed E-state index contributed by atoms with van der Waals surface area (Å²) in [5.74, 6) is -0.728. The van der Waals surface area contributed by atoms with Crippen molar-refractivity contribution in [3.05, 3.63) is 60.4 Å². The number of rotatable bonds is 3. The Labute approximate surface area is 167 Å². The minimum absolute atomic E-state index is 0.305. The molecule has 2 N–H and O–H groups in total. The van der Waals surface area contributed by atoms with Gasteiger partial charge in [-0.2, -0.15) is 0 Å². The number of amides is 3. The standard InChI is InChI=1S/C21H21FN4O3/c22-15-6-4-9-17(12-15)24-20(28)26-11-5-10-21(14-26)13-18(25-29-21)19(27)23-16-7-2-1-3-8-16/h1-4,6-9,12H,5,10-11,13-14H2,(H,23,27)(H,24,28)/t21-/m1/s1. The summed E-state index contributed by atoms with van der Waals surface area (Å²) in [4.78, 5) is 32.3. The second-order valence-corrected chi connectivity index (χ2v) is 7.27. The van der Waals surface area contributed by atoms with Crippen LogP contribution < -0.4 is 10.6 Å². The molecule has 0 bridgehead atoms. The number of carbonyl (C=O) groups excluding carboxylic acids is 2. The van der Waals surface area contributed by atoms with Gasteiger partial charge in [0.15, 0.2) is 5.60 Å². The van der Waals surface area contributed by atoms with E-state index < -0.39 is 11.4 Å². The Bertz CT molecular complexity index is 950. The highest BCUT2D eigenvalue weighted by molar-refractivity contribution is 6.43. The van der Waals surface area contributed by atoms with Crippen LogP contribution in [0.1, 0.15) is 19.3 Å². The number of piperidine rings is 1. The van der Waals surface area contributed by atoms with Gasteiger partial charge in [0.2, 0.25) is 0 Å². The molecule has 29 heavy (non-hydrogen) atoms. The van der Waals surface area contributed by atoms with Crippen LogP contribution in [0.3, 0.4) is 0 Å². The molecule has 8 heteroatoms. The highest BCUT2D eigenvalue weighted by Gasteiger charge is 2.45. The van der Waals surface area contributed by atoms with Crippen molar-refractivity contribution < 1.29 is 18.8 Å². The number of nitrogens with one attached hydrogen (secondary N) is 2. The van der Waals surface area contributed by atoms with Crippen LogP contribution >= 0.6 is 0 Å². The van der Waals surface area contributed by atoms with E-state index in [1.54, 1.807) is 23.1 Å². The summed E-state index contributed by atoms with van der Waals surface area (Å²) in [5, 5.41) is 9.49. The van der Waals surface area contributed by atoms with Crippen molar-refractivity contribution in [2.75, 3.05) is 23.7 Å². The third-order valence-corrected chi connectivity index (χ3v) is 5.04. The van der Waals surface area contributed by atoms with Gasteiger partial charge in [0, 0.05) is 24.3 Å². The van der Waals surface area contributed by atoms with Crippen LogP contribution in [0.15, 0.2) is 59.8 Å². The zero-order chi connectivity index (χ0) is 20.3. The Balaban J connectivity index is 1.37. The molecule has 2 heterocycles. The van der Waals surface area contributed by atoms with Crippen LogP contribution in [0.2, 0.25) is 0 Å². The fourth-order valence-corrected chi connectivity index (χ4v) is 3.63. The summed E-state index contributed by atoms with van der Waals surface area (Å²) in [6.07, 6.45) is 1.75. The predicted molar refractivity (Wildman–Crippen MR) is 107 cm³/mol. The van der Waals surface area contributed by atoms with Crippen LogP contribution in [0.25, 0.3) is 0 Å². The molecule has 3 amide bonds. The van der Waals surface area contributed by atoms with Gasteiger partial charge in [-0.05, 0) is 43.2 Å². The number of nitrogens with zero attached hydrogens (tertiary/aromatic N) is 2. The molecule has 0 aliphatic carbocycles. The van der Waals surface area contributed by atoms with Crippen LogP contribution in [-0.4, -0.2) is 41.2 Å². The van der Waals surface area contributed by atoms with Gasteiger partial charge in [-0.3, -0.25) is 4.79 Å². The molecule has 1 fully saturated rings. The first-order valence-corrected chi connectivity index (χ1v) is 9.46. The Morgan fingerprint density at radius 3 is 2.66 bits per heavy atom. The minimum atomic E-state index is -0.707. The number of benzene rings is 2. The molecule has 2 aliphatic heterocycles. The molecule has 0 unspecified atom stereocenters. The first kappa shape index (κ1) is 18.9. The van der Waals surface area contributed by atoms with Gasteiger partial charge < -0.3 is 20.4 Å². The number of para-hydroxylation sites is 1. The summed E-state index contributed by atoms with van der Waals surface area (Å²) >= 11 is 0. The van der Waals surface area contributed by atoms with Crippen molar-refractivity contribution >= 4 is 29.0 Å². The summed E-state index contributed by atoms with van der Waals surface area (Å²) in [6, 6.07) is 14.5. The minimum Gasteiger partial charge on any atom is -0.386 e. The SMILES string of the molecule is O=C(Nc1ccccc1)C1=NO[C@]2(CCCN(C(=O)Nc3cccc(F)c3)C2)C1. The summed E-state index contributed by atoms with van der Waals surface area (Å²) in [6.45, 7) is 0.859. The molecule has 1 atom stereocenters. The first-order chi connectivity index (χ1) is 14.0. The number of hydrogen-bond donors (Lipinski definition) is 2. The van der Waals surface area contributed by atoms with E-state index in [1.165, 1.54) is 18.2 Å². The van der Waals surface area contributed by atoms with Gasteiger partial charge in [0.25, 0.3) is 5.91 Å². The van der Waals surface area contributed by atoms with E-state index >= 15 is 0 Å². The van der Waals surface area contributed by atoms with Crippen molar-refractivity contribution in [3.8, 4) is 0 Å². The highest BCUT2D eigenvalue weighted by atomic mass is 19.1. The fourth-order valence-electron chi connectivity index (χ4n) is 3.63. The maximum atomic E-state index is 13.3. The van der Waals surface area contributed by atoms with E-state index in [0.717, 1.165) is 6.42 Å². The molecule has 2 aromatic carbocycles. The molecule has 4 rings (SSSR count). The number of halogens is 1. The molecule has 2 aliphatic rings. The average molecular weight is 396 g/mol. The van der Waals surface area contributed by atoms with Crippen molar-refractivity contribution in [2.45, 2.75) is 24.9 Å². The molecule has 0 aromatic heterocycles. The highest BCUT2D eigenvalue weighted by Crippen LogP contribution is 2.34. The fraction of sp³-hybridized carbons (Fsp3) is 0.286. The zero-order valence-corrected chi connectivity index (χ0v) is 15.7. The maximum absolute atomic E-state index is 13.3. The normalized spacial score (nSPS) is 20.7. The van der Waals surface area contributed by atoms with Gasteiger partial charge in [-0.25, -0.2) is 9.18 Å². The van der Waals surface area contributed by atoms with Crippen LogP contribution in [0, 0.1) is 5.82 Å². The smallest absolute Gasteiger partial charge is 0.321 e. The number of likely N-dealkylation sites (tertiary alicyclic amines) is 1. The molecule has 1 saturated heterocycles. The molecular weight excluding hydrogens is 375 g/mol. The lowest BCUT2D eigenvalue weighted by molar-refractivity contribution is -0.110. The zero-order valence-electron chi connectivity index (χ0n) is 15.7. The molecular formula is C21H21FN4O3. The summed E-state index contributed by atoms with van der Waals surface area (Å²) in [7, 11) is 0. The van der Waals surface area contributed by atoms with E-state index in [2.05, 4.69) is 15.8 Å². The Morgan fingerprint density at radius 2 is 1.86 bits per heavy atom. The van der Waals surface area contributed by atoms with Gasteiger partial charge in [0.05, 0.1) is 6.54 Å². The van der Waals surface area contributed by atoms with E-state index in [9.17, 15) is 14.0 Å². The average Bonchev–Trinajstić information content (AvgIpc) is 3.12. The summed E-state index contributed by atoms with van der Waals surface area (Å²) < 4.78 is 13.3. The lowest BCUT2D eigenvalue weighted by Gasteiger charge is -2.38.